The highest BCUT2D eigenvalue weighted by atomic mass is 16.3. The van der Waals surface area contributed by atoms with E-state index in [2.05, 4.69) is 58.0 Å². The molecule has 0 spiro atoms. The van der Waals surface area contributed by atoms with Crippen LogP contribution in [0.1, 0.15) is 44.7 Å². The monoisotopic (exact) mass is 218 g/mol. The lowest BCUT2D eigenvalue weighted by atomic mass is 9.98. The molecule has 1 nitrogen and oxygen atoms in total. The van der Waals surface area contributed by atoms with E-state index >= 15 is 0 Å². The predicted octanol–water partition coefficient (Wildman–Crippen LogP) is 3.84. The zero-order chi connectivity index (χ0) is 12.1. The van der Waals surface area contributed by atoms with Gasteiger partial charge in [0.2, 0.25) is 0 Å². The van der Waals surface area contributed by atoms with Gasteiger partial charge in [-0.15, -0.1) is 0 Å². The molecule has 0 aromatic heterocycles. The van der Waals surface area contributed by atoms with Gasteiger partial charge >= 0.3 is 0 Å². The van der Waals surface area contributed by atoms with E-state index in [-0.39, 0.29) is 6.61 Å². The van der Waals surface area contributed by atoms with E-state index in [4.69, 9.17) is 0 Å². The van der Waals surface area contributed by atoms with Crippen molar-refractivity contribution in [2.75, 3.05) is 6.61 Å². The first-order chi connectivity index (χ1) is 7.54. The van der Waals surface area contributed by atoms with Crippen LogP contribution in [0.25, 0.3) is 6.08 Å². The van der Waals surface area contributed by atoms with Crippen LogP contribution in [0.2, 0.25) is 0 Å². The Morgan fingerprint density at radius 1 is 1.12 bits per heavy atom. The first-order valence-corrected chi connectivity index (χ1v) is 5.96. The summed E-state index contributed by atoms with van der Waals surface area (Å²) >= 11 is 0. The van der Waals surface area contributed by atoms with E-state index in [1.807, 2.05) is 0 Å². The molecule has 0 fully saturated rings. The Kier molecular flexibility index (Phi) is 4.75. The second-order valence-corrected chi connectivity index (χ2v) is 4.85. The molecule has 0 aliphatic heterocycles. The molecule has 0 aliphatic rings. The molecule has 0 amide bonds. The van der Waals surface area contributed by atoms with E-state index in [1.165, 1.54) is 11.1 Å². The topological polar surface area (TPSA) is 20.2 Å². The number of aliphatic hydroxyl groups is 1. The maximum absolute atomic E-state index is 9.23. The lowest BCUT2D eigenvalue weighted by Crippen LogP contribution is -1.98. The number of rotatable bonds is 4. The number of aliphatic hydroxyl groups excluding tert-OH is 1. The Hall–Kier alpha value is -1.08. The Labute approximate surface area is 98.8 Å². The lowest BCUT2D eigenvalue weighted by Gasteiger charge is -2.09. The van der Waals surface area contributed by atoms with Crippen molar-refractivity contribution in [1.29, 1.82) is 0 Å². The third-order valence-electron chi connectivity index (χ3n) is 2.88. The van der Waals surface area contributed by atoms with Gasteiger partial charge in [-0.3, -0.25) is 0 Å². The molecule has 0 bridgehead atoms. The zero-order valence-electron chi connectivity index (χ0n) is 10.7. The summed E-state index contributed by atoms with van der Waals surface area (Å²) in [5.41, 5.74) is 3.60. The van der Waals surface area contributed by atoms with Crippen LogP contribution in [-0.2, 0) is 0 Å². The minimum Gasteiger partial charge on any atom is -0.392 e. The summed E-state index contributed by atoms with van der Waals surface area (Å²) in [6.45, 7) is 8.73. The Bertz CT molecular complexity index is 344. The maximum Gasteiger partial charge on any atom is 0.0647 e. The number of hydrogen-bond donors (Lipinski definition) is 1. The standard InChI is InChI=1S/C15H22O/c1-11(2)14-7-5-13(6-8-14)9-15(10-16)12(3)4/h5-9,11-12,16H,10H2,1-4H3. The van der Waals surface area contributed by atoms with Gasteiger partial charge in [-0.2, -0.15) is 0 Å². The van der Waals surface area contributed by atoms with Gasteiger partial charge in [-0.1, -0.05) is 58.0 Å². The third-order valence-corrected chi connectivity index (χ3v) is 2.88. The first-order valence-electron chi connectivity index (χ1n) is 5.96. The van der Waals surface area contributed by atoms with Crippen molar-refractivity contribution in [1.82, 2.24) is 0 Å². The van der Waals surface area contributed by atoms with E-state index in [0.717, 1.165) is 5.57 Å². The zero-order valence-corrected chi connectivity index (χ0v) is 10.7. The molecule has 1 aromatic carbocycles. The second kappa shape index (κ2) is 5.86. The van der Waals surface area contributed by atoms with Crippen LogP contribution in [0.4, 0.5) is 0 Å². The quantitative estimate of drug-likeness (QED) is 0.814. The van der Waals surface area contributed by atoms with Gasteiger partial charge in [-0.25, -0.2) is 0 Å². The van der Waals surface area contributed by atoms with Crippen LogP contribution in [0.3, 0.4) is 0 Å². The van der Waals surface area contributed by atoms with Crippen LogP contribution in [-0.4, -0.2) is 11.7 Å². The van der Waals surface area contributed by atoms with Crippen molar-refractivity contribution >= 4 is 6.08 Å². The highest BCUT2D eigenvalue weighted by Crippen LogP contribution is 2.18. The summed E-state index contributed by atoms with van der Waals surface area (Å²) in [6, 6.07) is 8.55. The molecule has 0 radical (unpaired) electrons. The van der Waals surface area contributed by atoms with E-state index < -0.39 is 0 Å². The van der Waals surface area contributed by atoms with Crippen molar-refractivity contribution in [2.24, 2.45) is 5.92 Å². The van der Waals surface area contributed by atoms with Crippen molar-refractivity contribution in [3.8, 4) is 0 Å². The van der Waals surface area contributed by atoms with Crippen molar-refractivity contribution < 1.29 is 5.11 Å². The maximum atomic E-state index is 9.23. The van der Waals surface area contributed by atoms with Gasteiger partial charge in [0.1, 0.15) is 0 Å². The summed E-state index contributed by atoms with van der Waals surface area (Å²) in [6.07, 6.45) is 2.08. The molecule has 0 atom stereocenters. The van der Waals surface area contributed by atoms with Gasteiger partial charge in [0.05, 0.1) is 6.61 Å². The van der Waals surface area contributed by atoms with Gasteiger partial charge in [-0.05, 0) is 28.5 Å². The molecule has 88 valence electrons. The van der Waals surface area contributed by atoms with Gasteiger partial charge in [0, 0.05) is 0 Å². The van der Waals surface area contributed by atoms with Crippen molar-refractivity contribution in [3.63, 3.8) is 0 Å². The fourth-order valence-corrected chi connectivity index (χ4v) is 1.59. The van der Waals surface area contributed by atoms with Gasteiger partial charge < -0.3 is 5.11 Å². The minimum absolute atomic E-state index is 0.142. The summed E-state index contributed by atoms with van der Waals surface area (Å²) in [7, 11) is 0. The van der Waals surface area contributed by atoms with E-state index in [1.54, 1.807) is 0 Å². The van der Waals surface area contributed by atoms with Crippen LogP contribution >= 0.6 is 0 Å². The fourth-order valence-electron chi connectivity index (χ4n) is 1.59. The Morgan fingerprint density at radius 3 is 2.06 bits per heavy atom. The molecule has 16 heavy (non-hydrogen) atoms. The van der Waals surface area contributed by atoms with Crippen molar-refractivity contribution in [3.05, 3.63) is 41.0 Å². The van der Waals surface area contributed by atoms with Crippen LogP contribution < -0.4 is 0 Å². The van der Waals surface area contributed by atoms with Gasteiger partial charge in [0.25, 0.3) is 0 Å². The molecule has 0 saturated carbocycles. The van der Waals surface area contributed by atoms with Crippen LogP contribution in [0.5, 0.6) is 0 Å². The number of benzene rings is 1. The molecular weight excluding hydrogens is 196 g/mol. The van der Waals surface area contributed by atoms with Gasteiger partial charge in [0.15, 0.2) is 0 Å². The highest BCUT2D eigenvalue weighted by Gasteiger charge is 2.02. The normalized spacial score (nSPS) is 12.6. The largest absolute Gasteiger partial charge is 0.392 e. The summed E-state index contributed by atoms with van der Waals surface area (Å²) in [5.74, 6) is 0.968. The summed E-state index contributed by atoms with van der Waals surface area (Å²) in [4.78, 5) is 0. The molecule has 1 N–H and O–H groups in total. The number of hydrogen-bond acceptors (Lipinski definition) is 1. The molecule has 0 saturated heterocycles. The Morgan fingerprint density at radius 2 is 1.69 bits per heavy atom. The predicted molar refractivity (Wildman–Crippen MR) is 70.4 cm³/mol. The molecule has 0 aliphatic carbocycles. The molecule has 0 heterocycles. The second-order valence-electron chi connectivity index (χ2n) is 4.85. The van der Waals surface area contributed by atoms with Crippen molar-refractivity contribution in [2.45, 2.75) is 33.6 Å². The summed E-state index contributed by atoms with van der Waals surface area (Å²) in [5, 5.41) is 9.23. The van der Waals surface area contributed by atoms with E-state index in [9.17, 15) is 5.11 Å². The lowest BCUT2D eigenvalue weighted by molar-refractivity contribution is 0.320. The molecule has 0 unspecified atom stereocenters. The Balaban J connectivity index is 2.89. The van der Waals surface area contributed by atoms with Crippen LogP contribution in [0.15, 0.2) is 29.8 Å². The third kappa shape index (κ3) is 3.49. The minimum atomic E-state index is 0.142. The van der Waals surface area contributed by atoms with Crippen LogP contribution in [0, 0.1) is 5.92 Å². The highest BCUT2D eigenvalue weighted by molar-refractivity contribution is 5.54. The molecule has 1 aromatic rings. The molecular formula is C15H22O. The average molecular weight is 218 g/mol. The smallest absolute Gasteiger partial charge is 0.0647 e. The SMILES string of the molecule is CC(C)C(=Cc1ccc(C(C)C)cc1)CO. The van der Waals surface area contributed by atoms with E-state index in [0.29, 0.717) is 11.8 Å². The first kappa shape index (κ1) is 13.0. The average Bonchev–Trinajstić information content (AvgIpc) is 2.26. The fraction of sp³-hybridized carbons (Fsp3) is 0.467. The molecule has 1 heteroatoms. The molecule has 1 rings (SSSR count). The summed E-state index contributed by atoms with van der Waals surface area (Å²) < 4.78 is 0.